The van der Waals surface area contributed by atoms with Gasteiger partial charge in [-0.3, -0.25) is 0 Å². The van der Waals surface area contributed by atoms with E-state index in [1.807, 2.05) is 0 Å². The lowest BCUT2D eigenvalue weighted by Crippen LogP contribution is -1.79. The minimum absolute atomic E-state index is 0.214. The van der Waals surface area contributed by atoms with E-state index >= 15 is 0 Å². The molecule has 0 aliphatic carbocycles. The molecule has 2 heteroatoms. The van der Waals surface area contributed by atoms with E-state index in [9.17, 15) is 0 Å². The average Bonchev–Trinajstić information content (AvgIpc) is 1.69. The first-order valence-electron chi connectivity index (χ1n) is 1.78. The Hall–Kier alpha value is -0.970. The van der Waals surface area contributed by atoms with Crippen LogP contribution >= 0.6 is 0 Å². The zero-order chi connectivity index (χ0) is 5.54. The van der Waals surface area contributed by atoms with E-state index in [-0.39, 0.29) is 6.61 Å². The van der Waals surface area contributed by atoms with E-state index in [1.165, 1.54) is 6.21 Å². The second-order valence-electron chi connectivity index (χ2n) is 0.766. The first kappa shape index (κ1) is 6.03. The van der Waals surface area contributed by atoms with Crippen molar-refractivity contribution >= 4 is 6.21 Å². The predicted octanol–water partition coefficient (Wildman–Crippen LogP) is 0.456. The summed E-state index contributed by atoms with van der Waals surface area (Å²) in [6.45, 7) is 3.49. The summed E-state index contributed by atoms with van der Waals surface area (Å²) in [5, 5.41) is 3.28. The van der Waals surface area contributed by atoms with E-state index < -0.39 is 0 Å². The lowest BCUT2D eigenvalue weighted by atomic mass is 10.8. The van der Waals surface area contributed by atoms with Gasteiger partial charge in [-0.05, 0) is 6.92 Å². The van der Waals surface area contributed by atoms with Crippen molar-refractivity contribution in [2.45, 2.75) is 0 Å². The van der Waals surface area contributed by atoms with Gasteiger partial charge in [0.25, 0.3) is 0 Å². The Kier molecular flexibility index (Phi) is 4.33. The molecular formula is C5H6NO. The molecule has 0 aliphatic heterocycles. The highest BCUT2D eigenvalue weighted by atomic mass is 16.6. The van der Waals surface area contributed by atoms with Gasteiger partial charge in [-0.1, -0.05) is 11.1 Å². The van der Waals surface area contributed by atoms with Gasteiger partial charge in [0.15, 0.2) is 6.61 Å². The molecular weight excluding hydrogens is 90.1 g/mol. The molecule has 7 heavy (non-hydrogen) atoms. The molecule has 0 atom stereocenters. The van der Waals surface area contributed by atoms with E-state index in [0.717, 1.165) is 0 Å². The molecule has 0 N–H and O–H groups in total. The highest BCUT2D eigenvalue weighted by molar-refractivity contribution is 5.60. The molecule has 0 aliphatic rings. The van der Waals surface area contributed by atoms with Crippen LogP contribution in [0.5, 0.6) is 0 Å². The third-order valence-corrected chi connectivity index (χ3v) is 0.297. The molecule has 0 heterocycles. The van der Waals surface area contributed by atoms with Crippen molar-refractivity contribution in [3.63, 3.8) is 0 Å². The van der Waals surface area contributed by atoms with Crippen LogP contribution in [0.1, 0.15) is 0 Å². The van der Waals surface area contributed by atoms with Crippen LogP contribution in [0.4, 0.5) is 0 Å². The molecule has 0 saturated carbocycles. The van der Waals surface area contributed by atoms with Gasteiger partial charge < -0.3 is 4.84 Å². The summed E-state index contributed by atoms with van der Waals surface area (Å²) in [5.41, 5.74) is 0. The summed E-state index contributed by atoms with van der Waals surface area (Å²) < 4.78 is 0. The summed E-state index contributed by atoms with van der Waals surface area (Å²) in [7, 11) is 0. The quantitative estimate of drug-likeness (QED) is 0.212. The minimum Gasteiger partial charge on any atom is -0.383 e. The van der Waals surface area contributed by atoms with E-state index in [0.29, 0.717) is 0 Å². The number of nitrogens with zero attached hydrogens (tertiary/aromatic N) is 1. The Morgan fingerprint density at radius 2 is 2.71 bits per heavy atom. The summed E-state index contributed by atoms with van der Waals surface area (Å²) >= 11 is 0. The fourth-order valence-electron chi connectivity index (χ4n) is 0.127. The number of rotatable bonds is 2. The zero-order valence-electron chi connectivity index (χ0n) is 3.92. The second kappa shape index (κ2) is 5.03. The molecule has 0 aromatic rings. The number of terminal acetylenes is 1. The van der Waals surface area contributed by atoms with E-state index in [4.69, 9.17) is 6.42 Å². The summed E-state index contributed by atoms with van der Waals surface area (Å²) in [6.07, 6.45) is 6.09. The van der Waals surface area contributed by atoms with Crippen molar-refractivity contribution in [3.05, 3.63) is 6.92 Å². The van der Waals surface area contributed by atoms with Crippen LogP contribution in [0, 0.1) is 19.3 Å². The maximum absolute atomic E-state index is 4.80. The molecule has 0 fully saturated rings. The maximum atomic E-state index is 4.80. The number of hydrogen-bond donors (Lipinski definition) is 0. The van der Waals surface area contributed by atoms with Gasteiger partial charge in [-0.25, -0.2) is 0 Å². The fourth-order valence-corrected chi connectivity index (χ4v) is 0.127. The normalized spacial score (nSPS) is 8.57. The Bertz CT molecular complexity index is 90.7. The number of oxime groups is 1. The Morgan fingerprint density at radius 1 is 2.00 bits per heavy atom. The van der Waals surface area contributed by atoms with Gasteiger partial charge in [0.1, 0.15) is 0 Å². The molecule has 0 spiro atoms. The van der Waals surface area contributed by atoms with Crippen LogP contribution in [0.2, 0.25) is 0 Å². The summed E-state index contributed by atoms with van der Waals surface area (Å²) in [6, 6.07) is 0. The van der Waals surface area contributed by atoms with Gasteiger partial charge in [0.2, 0.25) is 0 Å². The van der Waals surface area contributed by atoms with Crippen LogP contribution in [-0.4, -0.2) is 12.8 Å². The van der Waals surface area contributed by atoms with Gasteiger partial charge >= 0.3 is 0 Å². The summed E-state index contributed by atoms with van der Waals surface area (Å²) in [5.74, 6) is 2.24. The highest BCUT2D eigenvalue weighted by Gasteiger charge is 1.65. The molecule has 0 rings (SSSR count). The van der Waals surface area contributed by atoms with E-state index in [1.54, 1.807) is 0 Å². The molecule has 2 nitrogen and oxygen atoms in total. The molecule has 0 bridgehead atoms. The molecule has 1 radical (unpaired) electrons. The maximum Gasteiger partial charge on any atom is 0.177 e. The van der Waals surface area contributed by atoms with Crippen LogP contribution < -0.4 is 0 Å². The van der Waals surface area contributed by atoms with Gasteiger partial charge in [-0.2, -0.15) is 0 Å². The lowest BCUT2D eigenvalue weighted by Gasteiger charge is -1.84. The molecule has 0 aromatic heterocycles. The Morgan fingerprint density at radius 3 is 3.14 bits per heavy atom. The summed E-state index contributed by atoms with van der Waals surface area (Å²) in [4.78, 5) is 4.40. The lowest BCUT2D eigenvalue weighted by molar-refractivity contribution is 0.182. The van der Waals surface area contributed by atoms with Gasteiger partial charge in [-0.15, -0.1) is 6.42 Å². The van der Waals surface area contributed by atoms with Crippen LogP contribution in [-0.2, 0) is 4.84 Å². The molecule has 0 amide bonds. The molecule has 0 saturated heterocycles. The first-order chi connectivity index (χ1) is 3.41. The first-order valence-corrected chi connectivity index (χ1v) is 1.78. The van der Waals surface area contributed by atoms with Crippen molar-refractivity contribution in [1.82, 2.24) is 0 Å². The fraction of sp³-hybridized carbons (Fsp3) is 0.200. The van der Waals surface area contributed by atoms with Gasteiger partial charge in [0.05, 0.1) is 0 Å². The topological polar surface area (TPSA) is 21.6 Å². The van der Waals surface area contributed by atoms with Crippen molar-refractivity contribution in [3.8, 4) is 12.3 Å². The third kappa shape index (κ3) is 5.03. The van der Waals surface area contributed by atoms with Crippen molar-refractivity contribution in [2.75, 3.05) is 6.61 Å². The van der Waals surface area contributed by atoms with E-state index in [2.05, 4.69) is 22.8 Å². The second-order valence-corrected chi connectivity index (χ2v) is 0.766. The molecule has 0 unspecified atom stereocenters. The van der Waals surface area contributed by atoms with Crippen LogP contribution in [0.3, 0.4) is 0 Å². The predicted molar refractivity (Wildman–Crippen MR) is 28.6 cm³/mol. The highest BCUT2D eigenvalue weighted by Crippen LogP contribution is 1.67. The smallest absolute Gasteiger partial charge is 0.177 e. The van der Waals surface area contributed by atoms with Crippen molar-refractivity contribution in [1.29, 1.82) is 0 Å². The molecule has 37 valence electrons. The number of hydrogen-bond acceptors (Lipinski definition) is 2. The van der Waals surface area contributed by atoms with Crippen LogP contribution in [0.25, 0.3) is 0 Å². The van der Waals surface area contributed by atoms with Gasteiger partial charge in [0, 0.05) is 6.21 Å². The SMILES string of the molecule is C#CCON=C[CH2]. The van der Waals surface area contributed by atoms with Crippen LogP contribution in [0.15, 0.2) is 5.16 Å². The Balaban J connectivity index is 2.87. The third-order valence-electron chi connectivity index (χ3n) is 0.297. The zero-order valence-corrected chi connectivity index (χ0v) is 3.92. The largest absolute Gasteiger partial charge is 0.383 e. The standard InChI is InChI=1S/C5H6NO/c1-3-5-7-6-4-2/h1,4H,2,5H2. The Labute approximate surface area is 43.2 Å². The van der Waals surface area contributed by atoms with Crippen molar-refractivity contribution < 1.29 is 4.84 Å². The average molecular weight is 96.1 g/mol. The minimum atomic E-state index is 0.214. The molecule has 0 aromatic carbocycles. The monoisotopic (exact) mass is 96.0 g/mol. The van der Waals surface area contributed by atoms with Crippen molar-refractivity contribution in [2.24, 2.45) is 5.16 Å².